The van der Waals surface area contributed by atoms with E-state index in [0.29, 0.717) is 16.7 Å². The summed E-state index contributed by atoms with van der Waals surface area (Å²) >= 11 is 0. The van der Waals surface area contributed by atoms with Crippen LogP contribution in [-0.4, -0.2) is 21.6 Å². The van der Waals surface area contributed by atoms with Gasteiger partial charge in [0.15, 0.2) is 5.58 Å². The fourth-order valence-electron chi connectivity index (χ4n) is 4.57. The second kappa shape index (κ2) is 10.8. The fourth-order valence-corrected chi connectivity index (χ4v) is 4.57. The Bertz CT molecular complexity index is 1790. The molecule has 0 aliphatic heterocycles. The van der Waals surface area contributed by atoms with Crippen LogP contribution in [-0.2, 0) is 12.7 Å². The Morgan fingerprint density at radius 2 is 1.59 bits per heavy atom. The summed E-state index contributed by atoms with van der Waals surface area (Å²) in [6, 6.07) is 22.4. The molecule has 0 aliphatic carbocycles. The van der Waals surface area contributed by atoms with E-state index < -0.39 is 35.4 Å². The minimum absolute atomic E-state index is 0.107. The van der Waals surface area contributed by atoms with Gasteiger partial charge in [-0.05, 0) is 65.6 Å². The van der Waals surface area contributed by atoms with Gasteiger partial charge in [-0.15, -0.1) is 0 Å². The standard InChI is InChI=1S/C31H23F3N2O5/c1-18(20-9-11-22(12-10-20)29(38)39)35-28(37)25-15-23(21-5-3-2-4-6-21)16-26-27(25)36(30(40)41-26)17-19-7-13-24(14-8-19)31(32,33)34/h2-16,18H,17H2,1H3,(H,35,37)(H,38,39)/t18-/m0/s1. The van der Waals surface area contributed by atoms with Crippen LogP contribution >= 0.6 is 0 Å². The molecule has 5 rings (SSSR count). The quantitative estimate of drug-likeness (QED) is 0.236. The number of aromatic carboxylic acids is 1. The predicted molar refractivity (Wildman–Crippen MR) is 146 cm³/mol. The van der Waals surface area contributed by atoms with Crippen molar-refractivity contribution in [3.05, 3.63) is 129 Å². The topological polar surface area (TPSA) is 102 Å². The molecule has 0 unspecified atom stereocenters. The molecule has 0 spiro atoms. The third-order valence-corrected chi connectivity index (χ3v) is 6.74. The number of rotatable bonds is 7. The van der Waals surface area contributed by atoms with Gasteiger partial charge < -0.3 is 14.8 Å². The van der Waals surface area contributed by atoms with Crippen molar-refractivity contribution in [1.29, 1.82) is 0 Å². The highest BCUT2D eigenvalue weighted by atomic mass is 19.4. The molecule has 10 heteroatoms. The van der Waals surface area contributed by atoms with E-state index in [-0.39, 0.29) is 28.8 Å². The van der Waals surface area contributed by atoms with E-state index in [9.17, 15) is 27.6 Å². The van der Waals surface area contributed by atoms with Crippen LogP contribution in [0, 0.1) is 0 Å². The largest absolute Gasteiger partial charge is 0.478 e. The van der Waals surface area contributed by atoms with Crippen molar-refractivity contribution in [2.45, 2.75) is 25.7 Å². The van der Waals surface area contributed by atoms with E-state index in [2.05, 4.69) is 5.32 Å². The fraction of sp³-hybridized carbons (Fsp3) is 0.129. The van der Waals surface area contributed by atoms with Crippen LogP contribution in [0.1, 0.15) is 50.4 Å². The van der Waals surface area contributed by atoms with Crippen molar-refractivity contribution in [3.8, 4) is 11.1 Å². The zero-order chi connectivity index (χ0) is 29.3. The van der Waals surface area contributed by atoms with E-state index >= 15 is 0 Å². The minimum atomic E-state index is -4.50. The number of oxazole rings is 1. The van der Waals surface area contributed by atoms with Crippen molar-refractivity contribution in [2.75, 3.05) is 0 Å². The Balaban J connectivity index is 1.56. The number of benzene rings is 4. The number of carbonyl (C=O) groups is 2. The number of carbonyl (C=O) groups excluding carboxylic acids is 1. The van der Waals surface area contributed by atoms with E-state index in [1.807, 2.05) is 30.3 Å². The highest BCUT2D eigenvalue weighted by Crippen LogP contribution is 2.31. The van der Waals surface area contributed by atoms with Crippen molar-refractivity contribution < 1.29 is 32.3 Å². The predicted octanol–water partition coefficient (Wildman–Crippen LogP) is 6.52. The number of nitrogens with zero attached hydrogens (tertiary/aromatic N) is 1. The van der Waals surface area contributed by atoms with E-state index in [1.165, 1.54) is 28.8 Å². The number of amides is 1. The summed E-state index contributed by atoms with van der Waals surface area (Å²) in [5, 5.41) is 12.0. The molecule has 0 bridgehead atoms. The van der Waals surface area contributed by atoms with Gasteiger partial charge in [0, 0.05) is 0 Å². The van der Waals surface area contributed by atoms with Crippen LogP contribution in [0.2, 0.25) is 0 Å². The molecule has 0 radical (unpaired) electrons. The van der Waals surface area contributed by atoms with Gasteiger partial charge in [-0.1, -0.05) is 54.6 Å². The van der Waals surface area contributed by atoms with Crippen molar-refractivity contribution in [2.24, 2.45) is 0 Å². The molecule has 1 atom stereocenters. The first kappa shape index (κ1) is 27.4. The Labute approximate surface area is 231 Å². The Morgan fingerprint density at radius 3 is 2.20 bits per heavy atom. The molecule has 1 amide bonds. The molecule has 2 N–H and O–H groups in total. The summed E-state index contributed by atoms with van der Waals surface area (Å²) in [4.78, 5) is 37.8. The Morgan fingerprint density at radius 1 is 0.927 bits per heavy atom. The number of nitrogens with one attached hydrogen (secondary N) is 1. The van der Waals surface area contributed by atoms with Gasteiger partial charge in [-0.2, -0.15) is 13.2 Å². The molecule has 5 aromatic rings. The van der Waals surface area contributed by atoms with Gasteiger partial charge in [0.05, 0.1) is 29.3 Å². The summed E-state index contributed by atoms with van der Waals surface area (Å²) in [5.74, 6) is -2.36. The smallest absolute Gasteiger partial charge is 0.420 e. The molecular weight excluding hydrogens is 537 g/mol. The average Bonchev–Trinajstić information content (AvgIpc) is 3.27. The summed E-state index contributed by atoms with van der Waals surface area (Å²) in [6.07, 6.45) is -4.50. The summed E-state index contributed by atoms with van der Waals surface area (Å²) in [6.45, 7) is 1.61. The van der Waals surface area contributed by atoms with Crippen molar-refractivity contribution in [1.82, 2.24) is 9.88 Å². The number of fused-ring (bicyclic) bond motifs is 1. The highest BCUT2D eigenvalue weighted by Gasteiger charge is 2.30. The molecule has 0 saturated carbocycles. The lowest BCUT2D eigenvalue weighted by Gasteiger charge is -2.16. The normalized spacial score (nSPS) is 12.3. The zero-order valence-corrected chi connectivity index (χ0v) is 21.6. The number of aromatic nitrogens is 1. The molecule has 7 nitrogen and oxygen atoms in total. The first-order valence-corrected chi connectivity index (χ1v) is 12.5. The number of hydrogen-bond donors (Lipinski definition) is 2. The van der Waals surface area contributed by atoms with Crippen LogP contribution in [0.4, 0.5) is 13.2 Å². The van der Waals surface area contributed by atoms with E-state index in [0.717, 1.165) is 17.7 Å². The monoisotopic (exact) mass is 560 g/mol. The van der Waals surface area contributed by atoms with Gasteiger partial charge in [0.25, 0.3) is 5.91 Å². The average molecular weight is 561 g/mol. The van der Waals surface area contributed by atoms with Crippen molar-refractivity contribution >= 4 is 23.0 Å². The second-order valence-electron chi connectivity index (χ2n) is 9.51. The molecule has 1 aromatic heterocycles. The van der Waals surface area contributed by atoms with E-state index in [1.54, 1.807) is 31.2 Å². The molecule has 0 saturated heterocycles. The highest BCUT2D eigenvalue weighted by molar-refractivity contribution is 6.06. The maximum absolute atomic E-state index is 13.7. The number of halogens is 3. The van der Waals surface area contributed by atoms with Crippen LogP contribution in [0.3, 0.4) is 0 Å². The molecule has 41 heavy (non-hydrogen) atoms. The maximum Gasteiger partial charge on any atom is 0.420 e. The first-order chi connectivity index (χ1) is 19.5. The summed E-state index contributed by atoms with van der Waals surface area (Å²) in [5.41, 5.74) is 2.23. The third kappa shape index (κ3) is 5.76. The van der Waals surface area contributed by atoms with Crippen LogP contribution in [0.15, 0.2) is 100 Å². The first-order valence-electron chi connectivity index (χ1n) is 12.5. The Hall–Kier alpha value is -5.12. The van der Waals surface area contributed by atoms with Crippen LogP contribution in [0.5, 0.6) is 0 Å². The maximum atomic E-state index is 13.7. The molecule has 1 heterocycles. The van der Waals surface area contributed by atoms with Gasteiger partial charge in [0.1, 0.15) is 5.52 Å². The molecule has 0 aliphatic rings. The lowest BCUT2D eigenvalue weighted by Crippen LogP contribution is -2.28. The molecule has 0 fully saturated rings. The van der Waals surface area contributed by atoms with Gasteiger partial charge in [-0.3, -0.25) is 9.36 Å². The van der Waals surface area contributed by atoms with Gasteiger partial charge in [-0.25, -0.2) is 9.59 Å². The van der Waals surface area contributed by atoms with E-state index in [4.69, 9.17) is 9.52 Å². The lowest BCUT2D eigenvalue weighted by atomic mass is 10.0. The number of carboxylic acid groups (broad SMARTS) is 1. The number of hydrogen-bond acceptors (Lipinski definition) is 4. The SMILES string of the molecule is C[C@H](NC(=O)c1cc(-c2ccccc2)cc2oc(=O)n(Cc3ccc(C(F)(F)F)cc3)c12)c1ccc(C(=O)O)cc1. The van der Waals surface area contributed by atoms with Gasteiger partial charge in [0.2, 0.25) is 0 Å². The Kier molecular flexibility index (Phi) is 7.23. The van der Waals surface area contributed by atoms with Crippen LogP contribution < -0.4 is 11.1 Å². The minimum Gasteiger partial charge on any atom is -0.478 e. The summed E-state index contributed by atoms with van der Waals surface area (Å²) < 4.78 is 45.8. The lowest BCUT2D eigenvalue weighted by molar-refractivity contribution is -0.137. The van der Waals surface area contributed by atoms with Gasteiger partial charge >= 0.3 is 17.9 Å². The summed E-state index contributed by atoms with van der Waals surface area (Å²) in [7, 11) is 0. The zero-order valence-electron chi connectivity index (χ0n) is 21.6. The molecular formula is C31H23F3N2O5. The molecule has 4 aromatic carbocycles. The number of alkyl halides is 3. The molecule has 208 valence electrons. The second-order valence-corrected chi connectivity index (χ2v) is 9.51. The third-order valence-electron chi connectivity index (χ3n) is 6.74. The van der Waals surface area contributed by atoms with Crippen LogP contribution in [0.25, 0.3) is 22.2 Å². The number of carboxylic acids is 1. The van der Waals surface area contributed by atoms with Crippen molar-refractivity contribution in [3.63, 3.8) is 0 Å².